The number of hydrogen-bond donors (Lipinski definition) is 0. The van der Waals surface area contributed by atoms with Crippen LogP contribution in [0.4, 0.5) is 0 Å². The summed E-state index contributed by atoms with van der Waals surface area (Å²) in [6.45, 7) is 4.11. The molecule has 0 unspecified atom stereocenters. The Morgan fingerprint density at radius 3 is 2.55 bits per heavy atom. The third kappa shape index (κ3) is 7.12. The van der Waals surface area contributed by atoms with Crippen molar-refractivity contribution in [1.29, 1.82) is 0 Å². The molecule has 1 heteroatoms. The van der Waals surface area contributed by atoms with Crippen molar-refractivity contribution >= 4 is 5.78 Å². The Bertz CT molecular complexity index is 159. The van der Waals surface area contributed by atoms with Gasteiger partial charge in [-0.25, -0.2) is 0 Å². The van der Waals surface area contributed by atoms with Crippen LogP contribution in [0.5, 0.6) is 0 Å². The molecular weight excluding hydrogens is 136 g/mol. The molecule has 0 amide bonds. The van der Waals surface area contributed by atoms with Crippen molar-refractivity contribution in [2.75, 3.05) is 0 Å². The Balaban J connectivity index is 3.43. The lowest BCUT2D eigenvalue weighted by Gasteiger charge is -1.85. The van der Waals surface area contributed by atoms with Crippen LogP contribution in [0.1, 0.15) is 46.0 Å². The fourth-order valence-corrected chi connectivity index (χ4v) is 0.716. The van der Waals surface area contributed by atoms with Crippen LogP contribution < -0.4 is 0 Å². The highest BCUT2D eigenvalue weighted by Crippen LogP contribution is 1.91. The molecular formula is C10H16O. The first kappa shape index (κ1) is 10.2. The van der Waals surface area contributed by atoms with E-state index in [1.165, 1.54) is 0 Å². The maximum Gasteiger partial charge on any atom is 0.205 e. The van der Waals surface area contributed by atoms with Gasteiger partial charge in [-0.2, -0.15) is 0 Å². The van der Waals surface area contributed by atoms with Crippen molar-refractivity contribution in [1.82, 2.24) is 0 Å². The third-order valence-corrected chi connectivity index (χ3v) is 1.36. The van der Waals surface area contributed by atoms with E-state index in [9.17, 15) is 4.79 Å². The minimum atomic E-state index is 0.0867. The Kier molecular flexibility index (Phi) is 6.82. The van der Waals surface area contributed by atoms with Gasteiger partial charge in [-0.3, -0.25) is 4.79 Å². The van der Waals surface area contributed by atoms with E-state index in [0.717, 1.165) is 25.7 Å². The number of carbonyl (C=O) groups is 1. The molecule has 0 rings (SSSR count). The molecule has 0 aromatic rings. The van der Waals surface area contributed by atoms with Crippen LogP contribution in [-0.2, 0) is 4.79 Å². The average Bonchev–Trinajstić information content (AvgIpc) is 1.99. The van der Waals surface area contributed by atoms with Crippen LogP contribution in [-0.4, -0.2) is 5.78 Å². The van der Waals surface area contributed by atoms with Gasteiger partial charge in [0, 0.05) is 12.8 Å². The molecule has 0 aromatic carbocycles. The number of hydrogen-bond acceptors (Lipinski definition) is 1. The molecule has 0 aliphatic heterocycles. The maximum absolute atomic E-state index is 10.8. The summed E-state index contributed by atoms with van der Waals surface area (Å²) in [4.78, 5) is 10.8. The van der Waals surface area contributed by atoms with Crippen molar-refractivity contribution in [2.24, 2.45) is 0 Å². The number of carbonyl (C=O) groups excluding carboxylic acids is 1. The normalized spacial score (nSPS) is 8.55. The molecule has 0 aliphatic carbocycles. The van der Waals surface area contributed by atoms with Crippen molar-refractivity contribution in [2.45, 2.75) is 46.0 Å². The zero-order valence-corrected chi connectivity index (χ0v) is 7.44. The largest absolute Gasteiger partial charge is 0.285 e. The van der Waals surface area contributed by atoms with Crippen LogP contribution in [0, 0.1) is 11.8 Å². The minimum absolute atomic E-state index is 0.0867. The lowest BCUT2D eigenvalue weighted by atomic mass is 10.2. The van der Waals surface area contributed by atoms with Gasteiger partial charge in [0.25, 0.3) is 0 Å². The molecule has 0 aliphatic rings. The second-order valence-electron chi connectivity index (χ2n) is 2.58. The number of unbranched alkanes of at least 4 members (excludes halogenated alkanes) is 2. The van der Waals surface area contributed by atoms with Gasteiger partial charge in [0.05, 0.1) is 0 Å². The summed E-state index contributed by atoms with van der Waals surface area (Å²) >= 11 is 0. The highest BCUT2D eigenvalue weighted by Gasteiger charge is 1.90. The predicted octanol–water partition coefficient (Wildman–Crippen LogP) is 2.55. The molecule has 0 atom stereocenters. The minimum Gasteiger partial charge on any atom is -0.285 e. The topological polar surface area (TPSA) is 17.1 Å². The van der Waals surface area contributed by atoms with E-state index in [1.807, 2.05) is 6.92 Å². The Hall–Kier alpha value is -0.770. The molecule has 0 saturated carbocycles. The number of Topliss-reactive ketones (excluding diaryl/α,β-unsaturated/α-hetero) is 1. The van der Waals surface area contributed by atoms with Crippen molar-refractivity contribution in [3.8, 4) is 11.8 Å². The molecule has 1 nitrogen and oxygen atoms in total. The lowest BCUT2D eigenvalue weighted by molar-refractivity contribution is -0.113. The van der Waals surface area contributed by atoms with Gasteiger partial charge in [0.15, 0.2) is 0 Å². The quantitative estimate of drug-likeness (QED) is 0.344. The van der Waals surface area contributed by atoms with Crippen molar-refractivity contribution < 1.29 is 4.79 Å². The van der Waals surface area contributed by atoms with Crippen molar-refractivity contribution in [3.05, 3.63) is 0 Å². The van der Waals surface area contributed by atoms with Gasteiger partial charge in [-0.05, 0) is 18.8 Å². The summed E-state index contributed by atoms with van der Waals surface area (Å²) in [6.07, 6.45) is 4.63. The first-order valence-corrected chi connectivity index (χ1v) is 4.33. The van der Waals surface area contributed by atoms with E-state index in [1.54, 1.807) is 0 Å². The average molecular weight is 152 g/mol. The van der Waals surface area contributed by atoms with Crippen LogP contribution in [0.3, 0.4) is 0 Å². The van der Waals surface area contributed by atoms with Crippen LogP contribution in [0.2, 0.25) is 0 Å². The smallest absolute Gasteiger partial charge is 0.205 e. The lowest BCUT2D eigenvalue weighted by Crippen LogP contribution is -1.90. The molecule has 0 aromatic heterocycles. The van der Waals surface area contributed by atoms with Gasteiger partial charge in [0.1, 0.15) is 0 Å². The number of ketones is 1. The van der Waals surface area contributed by atoms with E-state index in [0.29, 0.717) is 6.42 Å². The molecule has 0 saturated heterocycles. The molecule has 11 heavy (non-hydrogen) atoms. The molecule has 62 valence electrons. The van der Waals surface area contributed by atoms with E-state index >= 15 is 0 Å². The second-order valence-corrected chi connectivity index (χ2v) is 2.58. The summed E-state index contributed by atoms with van der Waals surface area (Å²) in [7, 11) is 0. The van der Waals surface area contributed by atoms with E-state index in [-0.39, 0.29) is 5.78 Å². The molecule has 0 N–H and O–H groups in total. The highest BCUT2D eigenvalue weighted by atomic mass is 16.1. The SMILES string of the molecule is CCCCC#CC(=O)CCC. The fraction of sp³-hybridized carbons (Fsp3) is 0.700. The van der Waals surface area contributed by atoms with Crippen LogP contribution >= 0.6 is 0 Å². The monoisotopic (exact) mass is 152 g/mol. The van der Waals surface area contributed by atoms with Gasteiger partial charge < -0.3 is 0 Å². The first-order chi connectivity index (χ1) is 5.31. The van der Waals surface area contributed by atoms with E-state index < -0.39 is 0 Å². The van der Waals surface area contributed by atoms with Gasteiger partial charge in [-0.1, -0.05) is 26.2 Å². The fourth-order valence-electron chi connectivity index (χ4n) is 0.716. The second kappa shape index (κ2) is 7.34. The highest BCUT2D eigenvalue weighted by molar-refractivity contribution is 5.95. The van der Waals surface area contributed by atoms with Gasteiger partial charge in [-0.15, -0.1) is 0 Å². The Morgan fingerprint density at radius 1 is 1.27 bits per heavy atom. The van der Waals surface area contributed by atoms with Crippen LogP contribution in [0.25, 0.3) is 0 Å². The van der Waals surface area contributed by atoms with Gasteiger partial charge in [0.2, 0.25) is 5.78 Å². The van der Waals surface area contributed by atoms with E-state index in [2.05, 4.69) is 18.8 Å². The number of rotatable bonds is 4. The zero-order valence-electron chi connectivity index (χ0n) is 7.44. The molecule has 0 heterocycles. The predicted molar refractivity (Wildman–Crippen MR) is 47.2 cm³/mol. The summed E-state index contributed by atoms with van der Waals surface area (Å²) in [5.41, 5.74) is 0. The molecule has 0 radical (unpaired) electrons. The Morgan fingerprint density at radius 2 is 2.00 bits per heavy atom. The molecule has 0 spiro atoms. The maximum atomic E-state index is 10.8. The van der Waals surface area contributed by atoms with Gasteiger partial charge >= 0.3 is 0 Å². The summed E-state index contributed by atoms with van der Waals surface area (Å²) < 4.78 is 0. The van der Waals surface area contributed by atoms with E-state index in [4.69, 9.17) is 0 Å². The Labute approximate surface area is 69.2 Å². The summed E-state index contributed by atoms with van der Waals surface area (Å²) in [6, 6.07) is 0. The zero-order chi connectivity index (χ0) is 8.53. The molecule has 0 fully saturated rings. The third-order valence-electron chi connectivity index (χ3n) is 1.36. The summed E-state index contributed by atoms with van der Waals surface area (Å²) in [5.74, 6) is 5.59. The van der Waals surface area contributed by atoms with Crippen LogP contribution in [0.15, 0.2) is 0 Å². The first-order valence-electron chi connectivity index (χ1n) is 4.33. The standard InChI is InChI=1S/C10H16O/c1-3-5-6-7-9-10(11)8-4-2/h3-6,8H2,1-2H3. The summed E-state index contributed by atoms with van der Waals surface area (Å²) in [5, 5.41) is 0. The van der Waals surface area contributed by atoms with Crippen molar-refractivity contribution in [3.63, 3.8) is 0 Å². The molecule has 0 bridgehead atoms.